The molecule has 1 saturated heterocycles. The highest BCUT2D eigenvalue weighted by Crippen LogP contribution is 2.32. The number of aromatic nitrogens is 1. The second-order valence-corrected chi connectivity index (χ2v) is 9.57. The van der Waals surface area contributed by atoms with E-state index in [4.69, 9.17) is 12.2 Å². The van der Waals surface area contributed by atoms with Crippen LogP contribution in [0, 0.1) is 5.92 Å². The van der Waals surface area contributed by atoms with Gasteiger partial charge in [-0.05, 0) is 51.4 Å². The van der Waals surface area contributed by atoms with Crippen molar-refractivity contribution in [1.29, 1.82) is 0 Å². The number of thiocarbonyl (C=S) groups is 1. The number of hydrogen-bond donors (Lipinski definition) is 1. The fraction of sp³-hybridized carbons (Fsp3) is 0.706. The average Bonchev–Trinajstić information content (AvgIpc) is 2.94. The largest absolute Gasteiger partial charge is 0.355 e. The fourth-order valence-corrected chi connectivity index (χ4v) is 5.73. The van der Waals surface area contributed by atoms with E-state index >= 15 is 0 Å². The van der Waals surface area contributed by atoms with E-state index in [0.717, 1.165) is 34.8 Å². The van der Waals surface area contributed by atoms with Crippen molar-refractivity contribution in [3.05, 3.63) is 10.6 Å². The number of hydrogen-bond acceptors (Lipinski definition) is 5. The second kappa shape index (κ2) is 8.15. The number of nitrogens with zero attached hydrogens (tertiary/aromatic N) is 2. The van der Waals surface area contributed by atoms with Gasteiger partial charge in [0.25, 0.3) is 0 Å². The van der Waals surface area contributed by atoms with Crippen LogP contribution < -0.4 is 5.32 Å². The third-order valence-corrected chi connectivity index (χ3v) is 7.31. The highest BCUT2D eigenvalue weighted by molar-refractivity contribution is 8.23. The molecule has 1 aliphatic carbocycles. The first-order valence-electron chi connectivity index (χ1n) is 8.74. The molecule has 1 aliphatic heterocycles. The summed E-state index contributed by atoms with van der Waals surface area (Å²) >= 11 is 8.62. The maximum absolute atomic E-state index is 12.2. The summed E-state index contributed by atoms with van der Waals surface area (Å²) in [6, 6.07) is 0.495. The van der Waals surface area contributed by atoms with E-state index in [2.05, 4.69) is 29.0 Å². The first-order chi connectivity index (χ1) is 11.5. The van der Waals surface area contributed by atoms with E-state index in [1.807, 2.05) is 0 Å². The predicted octanol–water partition coefficient (Wildman–Crippen LogP) is 4.10. The third-order valence-electron chi connectivity index (χ3n) is 4.80. The van der Waals surface area contributed by atoms with Gasteiger partial charge in [0.15, 0.2) is 5.13 Å². The summed E-state index contributed by atoms with van der Waals surface area (Å²) in [6.45, 7) is 5.51. The maximum atomic E-state index is 12.2. The third kappa shape index (κ3) is 4.49. The Kier molecular flexibility index (Phi) is 6.16. The summed E-state index contributed by atoms with van der Waals surface area (Å²) in [5, 5.41) is 3.70. The highest BCUT2D eigenvalue weighted by Gasteiger charge is 2.23. The molecule has 2 atom stereocenters. The fourth-order valence-electron chi connectivity index (χ4n) is 3.33. The van der Waals surface area contributed by atoms with Gasteiger partial charge in [-0.3, -0.25) is 4.79 Å². The maximum Gasteiger partial charge on any atom is 0.236 e. The van der Waals surface area contributed by atoms with Crippen LogP contribution in [0.4, 0.5) is 5.13 Å². The van der Waals surface area contributed by atoms with E-state index in [1.54, 1.807) is 11.3 Å². The van der Waals surface area contributed by atoms with Crippen LogP contribution in [0.5, 0.6) is 0 Å². The Morgan fingerprint density at radius 2 is 2.25 bits per heavy atom. The van der Waals surface area contributed by atoms with Crippen LogP contribution in [-0.4, -0.2) is 38.5 Å². The lowest BCUT2D eigenvalue weighted by atomic mass is 9.93. The molecule has 2 heterocycles. The number of aryl methyl sites for hydroxylation is 1. The number of carbonyl (C=O) groups is 1. The van der Waals surface area contributed by atoms with Crippen molar-refractivity contribution in [2.75, 3.05) is 17.6 Å². The molecule has 1 N–H and O–H groups in total. The number of thioether (sulfide) groups is 1. The monoisotopic (exact) mass is 383 g/mol. The molecule has 2 unspecified atom stereocenters. The van der Waals surface area contributed by atoms with Gasteiger partial charge >= 0.3 is 0 Å². The van der Waals surface area contributed by atoms with Crippen LogP contribution in [0.25, 0.3) is 0 Å². The summed E-state index contributed by atoms with van der Waals surface area (Å²) < 4.78 is 0.851. The quantitative estimate of drug-likeness (QED) is 0.796. The Labute approximate surface area is 157 Å². The Morgan fingerprint density at radius 1 is 1.42 bits per heavy atom. The van der Waals surface area contributed by atoms with Crippen LogP contribution in [0.2, 0.25) is 0 Å². The summed E-state index contributed by atoms with van der Waals surface area (Å²) in [5.74, 6) is 1.08. The number of nitrogens with one attached hydrogen (secondary N) is 1. The van der Waals surface area contributed by atoms with E-state index in [0.29, 0.717) is 11.8 Å². The first kappa shape index (κ1) is 18.1. The van der Waals surface area contributed by atoms with E-state index in [-0.39, 0.29) is 5.91 Å². The van der Waals surface area contributed by atoms with Crippen molar-refractivity contribution in [2.45, 2.75) is 58.4 Å². The van der Waals surface area contributed by atoms with Crippen molar-refractivity contribution in [3.8, 4) is 0 Å². The van der Waals surface area contributed by atoms with Crippen molar-refractivity contribution in [3.63, 3.8) is 0 Å². The van der Waals surface area contributed by atoms with Crippen LogP contribution in [0.15, 0.2) is 0 Å². The van der Waals surface area contributed by atoms with Gasteiger partial charge in [0.2, 0.25) is 5.91 Å². The number of thiazole rings is 1. The standard InChI is InChI=1S/C17H25N3OS3/c1-11-6-7-13-14(9-11)24-16(18-13)19-15(21)10-23-17(22)20-8-4-3-5-12(20)2/h11-12H,3-10H2,1-2H3,(H,18,19,21). The lowest BCUT2D eigenvalue weighted by Crippen LogP contribution is -2.40. The van der Waals surface area contributed by atoms with E-state index in [9.17, 15) is 4.79 Å². The van der Waals surface area contributed by atoms with Gasteiger partial charge in [0.05, 0.1) is 11.4 Å². The number of carbonyl (C=O) groups excluding carboxylic acids is 1. The number of rotatable bonds is 3. The van der Waals surface area contributed by atoms with Gasteiger partial charge in [-0.1, -0.05) is 30.9 Å². The van der Waals surface area contributed by atoms with Crippen LogP contribution in [0.3, 0.4) is 0 Å². The molecule has 3 rings (SSSR count). The molecule has 0 bridgehead atoms. The minimum Gasteiger partial charge on any atom is -0.355 e. The predicted molar refractivity (Wildman–Crippen MR) is 107 cm³/mol. The van der Waals surface area contributed by atoms with Crippen molar-refractivity contribution in [2.24, 2.45) is 5.92 Å². The van der Waals surface area contributed by atoms with Crippen LogP contribution in [-0.2, 0) is 17.6 Å². The lowest BCUT2D eigenvalue weighted by molar-refractivity contribution is -0.113. The SMILES string of the molecule is CC1CCc2nc(NC(=O)CSC(=S)N3CCCCC3C)sc2C1. The molecule has 1 fully saturated rings. The summed E-state index contributed by atoms with van der Waals surface area (Å²) in [5.41, 5.74) is 1.18. The van der Waals surface area contributed by atoms with Gasteiger partial charge in [-0.2, -0.15) is 0 Å². The van der Waals surface area contributed by atoms with Crippen molar-refractivity contribution in [1.82, 2.24) is 9.88 Å². The molecule has 7 heteroatoms. The zero-order chi connectivity index (χ0) is 17.1. The van der Waals surface area contributed by atoms with Crippen molar-refractivity contribution < 1.29 is 4.79 Å². The molecule has 2 aliphatic rings. The molecular weight excluding hydrogens is 358 g/mol. The highest BCUT2D eigenvalue weighted by atomic mass is 32.2. The molecule has 0 radical (unpaired) electrons. The van der Waals surface area contributed by atoms with E-state index in [1.165, 1.54) is 48.0 Å². The Bertz CT molecular complexity index is 616. The molecule has 1 aromatic rings. The van der Waals surface area contributed by atoms with Crippen molar-refractivity contribution >= 4 is 50.7 Å². The second-order valence-electron chi connectivity index (χ2n) is 6.88. The van der Waals surface area contributed by atoms with Gasteiger partial charge in [0.1, 0.15) is 4.32 Å². The van der Waals surface area contributed by atoms with Gasteiger partial charge in [-0.15, -0.1) is 11.3 Å². The normalized spacial score (nSPS) is 23.7. The smallest absolute Gasteiger partial charge is 0.236 e. The Hall–Kier alpha value is -0.660. The minimum atomic E-state index is -0.00819. The topological polar surface area (TPSA) is 45.2 Å². The molecule has 0 aromatic carbocycles. The van der Waals surface area contributed by atoms with Gasteiger partial charge in [-0.25, -0.2) is 4.98 Å². The molecule has 1 aromatic heterocycles. The number of fused-ring (bicyclic) bond motifs is 1. The Morgan fingerprint density at radius 3 is 3.04 bits per heavy atom. The number of piperidine rings is 1. The van der Waals surface area contributed by atoms with Gasteiger partial charge in [0, 0.05) is 17.5 Å². The molecule has 0 spiro atoms. The molecule has 4 nitrogen and oxygen atoms in total. The molecule has 1 amide bonds. The molecule has 132 valence electrons. The zero-order valence-corrected chi connectivity index (χ0v) is 16.8. The number of likely N-dealkylation sites (tertiary alicyclic amines) is 1. The number of anilines is 1. The van der Waals surface area contributed by atoms with Gasteiger partial charge < -0.3 is 10.2 Å². The van der Waals surface area contributed by atoms with E-state index < -0.39 is 0 Å². The summed E-state index contributed by atoms with van der Waals surface area (Å²) in [6.07, 6.45) is 6.99. The average molecular weight is 384 g/mol. The first-order valence-corrected chi connectivity index (χ1v) is 11.0. The number of amides is 1. The zero-order valence-electron chi connectivity index (χ0n) is 14.3. The summed E-state index contributed by atoms with van der Waals surface area (Å²) in [4.78, 5) is 20.4. The molecule has 0 saturated carbocycles. The summed E-state index contributed by atoms with van der Waals surface area (Å²) in [7, 11) is 0. The van der Waals surface area contributed by atoms with Crippen LogP contribution >= 0.6 is 35.3 Å². The lowest BCUT2D eigenvalue weighted by Gasteiger charge is -2.34. The molecule has 24 heavy (non-hydrogen) atoms. The van der Waals surface area contributed by atoms with Crippen LogP contribution in [0.1, 0.15) is 50.1 Å². The minimum absolute atomic E-state index is 0.00819. The Balaban J connectivity index is 1.48. The molecular formula is C17H25N3OS3.